The number of halogens is 1. The Labute approximate surface area is 129 Å². The van der Waals surface area contributed by atoms with Crippen molar-refractivity contribution in [2.75, 3.05) is 11.9 Å². The number of pyridine rings is 2. The molecule has 1 N–H and O–H groups in total. The maximum atomic E-state index is 6.21. The molecule has 4 heteroatoms. The third-order valence-electron chi connectivity index (χ3n) is 3.39. The van der Waals surface area contributed by atoms with Gasteiger partial charge in [0, 0.05) is 23.8 Å². The first-order valence-corrected chi connectivity index (χ1v) is 7.31. The smallest absolute Gasteiger partial charge is 0.139 e. The summed E-state index contributed by atoms with van der Waals surface area (Å²) in [6.07, 6.45) is 2.82. The summed E-state index contributed by atoms with van der Waals surface area (Å²) in [5.41, 5.74) is 2.25. The highest BCUT2D eigenvalue weighted by molar-refractivity contribution is 6.34. The second kappa shape index (κ2) is 6.10. The molecule has 0 amide bonds. The summed E-state index contributed by atoms with van der Waals surface area (Å²) in [6.45, 7) is 2.79. The zero-order valence-electron chi connectivity index (χ0n) is 11.8. The van der Waals surface area contributed by atoms with E-state index < -0.39 is 0 Å². The Morgan fingerprint density at radius 3 is 2.81 bits per heavy atom. The summed E-state index contributed by atoms with van der Waals surface area (Å²) in [5, 5.41) is 5.93. The first-order chi connectivity index (χ1) is 10.2. The largest absolute Gasteiger partial charge is 0.370 e. The lowest BCUT2D eigenvalue weighted by Crippen LogP contribution is -2.06. The number of aromatic nitrogens is 2. The standard InChI is InChI=1S/C17H16ClN3/c1-12-6-7-13(11-20-12)8-9-19-16-10-14-4-2-3-5-15(14)17(18)21-16/h2-7,10-11H,8-9H2,1H3,(H,19,21). The Morgan fingerprint density at radius 2 is 2.00 bits per heavy atom. The lowest BCUT2D eigenvalue weighted by Gasteiger charge is -2.08. The van der Waals surface area contributed by atoms with Crippen LogP contribution < -0.4 is 5.32 Å². The van der Waals surface area contributed by atoms with Gasteiger partial charge in [0.2, 0.25) is 0 Å². The van der Waals surface area contributed by atoms with Crippen LogP contribution in [-0.2, 0) is 6.42 Å². The third-order valence-corrected chi connectivity index (χ3v) is 3.67. The molecule has 0 atom stereocenters. The first kappa shape index (κ1) is 13.8. The van der Waals surface area contributed by atoms with Crippen molar-refractivity contribution in [2.24, 2.45) is 0 Å². The molecule has 0 bridgehead atoms. The van der Waals surface area contributed by atoms with E-state index in [0.717, 1.165) is 35.2 Å². The van der Waals surface area contributed by atoms with Gasteiger partial charge < -0.3 is 5.32 Å². The van der Waals surface area contributed by atoms with Crippen LogP contribution in [0.5, 0.6) is 0 Å². The van der Waals surface area contributed by atoms with E-state index in [1.54, 1.807) is 0 Å². The Bertz CT molecular complexity index is 754. The fourth-order valence-corrected chi connectivity index (χ4v) is 2.49. The number of aryl methyl sites for hydroxylation is 1. The Hall–Kier alpha value is -2.13. The number of nitrogens with one attached hydrogen (secondary N) is 1. The molecule has 0 spiro atoms. The van der Waals surface area contributed by atoms with E-state index in [0.29, 0.717) is 5.15 Å². The summed E-state index contributed by atoms with van der Waals surface area (Å²) in [6, 6.07) is 14.1. The number of anilines is 1. The molecule has 0 unspecified atom stereocenters. The van der Waals surface area contributed by atoms with Crippen LogP contribution in [0.1, 0.15) is 11.3 Å². The van der Waals surface area contributed by atoms with E-state index in [1.165, 1.54) is 5.56 Å². The quantitative estimate of drug-likeness (QED) is 0.732. The summed E-state index contributed by atoms with van der Waals surface area (Å²) >= 11 is 6.21. The number of hydrogen-bond acceptors (Lipinski definition) is 3. The van der Waals surface area contributed by atoms with Crippen LogP contribution in [0.25, 0.3) is 10.8 Å². The minimum Gasteiger partial charge on any atom is -0.370 e. The number of fused-ring (bicyclic) bond motifs is 1. The lowest BCUT2D eigenvalue weighted by molar-refractivity contribution is 0.988. The number of hydrogen-bond donors (Lipinski definition) is 1. The van der Waals surface area contributed by atoms with Crippen LogP contribution in [0.15, 0.2) is 48.7 Å². The molecule has 3 nitrogen and oxygen atoms in total. The second-order valence-corrected chi connectivity index (χ2v) is 5.36. The van der Waals surface area contributed by atoms with E-state index in [2.05, 4.69) is 21.4 Å². The monoisotopic (exact) mass is 297 g/mol. The van der Waals surface area contributed by atoms with Crippen LogP contribution in [0, 0.1) is 6.92 Å². The Balaban J connectivity index is 1.69. The van der Waals surface area contributed by atoms with Crippen LogP contribution in [0.3, 0.4) is 0 Å². The molecular weight excluding hydrogens is 282 g/mol. The summed E-state index contributed by atoms with van der Waals surface area (Å²) in [7, 11) is 0. The van der Waals surface area contributed by atoms with Gasteiger partial charge in [0.25, 0.3) is 0 Å². The van der Waals surface area contributed by atoms with Crippen LogP contribution in [0.4, 0.5) is 5.82 Å². The molecule has 0 aliphatic heterocycles. The zero-order chi connectivity index (χ0) is 14.7. The molecule has 0 aliphatic rings. The topological polar surface area (TPSA) is 37.8 Å². The minimum absolute atomic E-state index is 0.535. The second-order valence-electron chi connectivity index (χ2n) is 5.00. The van der Waals surface area contributed by atoms with Gasteiger partial charge in [0.1, 0.15) is 11.0 Å². The molecular formula is C17H16ClN3. The molecule has 0 fully saturated rings. The number of benzene rings is 1. The highest BCUT2D eigenvalue weighted by Crippen LogP contribution is 2.24. The van der Waals surface area contributed by atoms with Crippen molar-refractivity contribution in [2.45, 2.75) is 13.3 Å². The molecule has 0 saturated carbocycles. The molecule has 21 heavy (non-hydrogen) atoms. The average Bonchev–Trinajstić information content (AvgIpc) is 2.49. The maximum Gasteiger partial charge on any atom is 0.139 e. The molecule has 2 aromatic heterocycles. The van der Waals surface area contributed by atoms with Crippen molar-refractivity contribution >= 4 is 28.2 Å². The van der Waals surface area contributed by atoms with Crippen molar-refractivity contribution in [1.29, 1.82) is 0 Å². The van der Waals surface area contributed by atoms with Gasteiger partial charge in [-0.25, -0.2) is 4.98 Å². The van der Waals surface area contributed by atoms with Crippen LogP contribution >= 0.6 is 11.6 Å². The van der Waals surface area contributed by atoms with E-state index in [9.17, 15) is 0 Å². The SMILES string of the molecule is Cc1ccc(CCNc2cc3ccccc3c(Cl)n2)cn1. The summed E-state index contributed by atoms with van der Waals surface area (Å²) < 4.78 is 0. The van der Waals surface area contributed by atoms with E-state index in [4.69, 9.17) is 11.6 Å². The Kier molecular flexibility index (Phi) is 4.02. The normalized spacial score (nSPS) is 10.8. The van der Waals surface area contributed by atoms with E-state index in [1.807, 2.05) is 49.5 Å². The predicted octanol–water partition coefficient (Wildman–Crippen LogP) is 4.25. The van der Waals surface area contributed by atoms with Gasteiger partial charge >= 0.3 is 0 Å². The first-order valence-electron chi connectivity index (χ1n) is 6.93. The lowest BCUT2D eigenvalue weighted by atomic mass is 10.2. The predicted molar refractivity (Wildman–Crippen MR) is 87.9 cm³/mol. The third kappa shape index (κ3) is 3.31. The molecule has 2 heterocycles. The van der Waals surface area contributed by atoms with Crippen molar-refractivity contribution in [3.8, 4) is 0 Å². The summed E-state index contributed by atoms with van der Waals surface area (Å²) in [5.74, 6) is 0.804. The van der Waals surface area contributed by atoms with Gasteiger partial charge in [0.15, 0.2) is 0 Å². The van der Waals surface area contributed by atoms with Crippen molar-refractivity contribution in [3.63, 3.8) is 0 Å². The number of nitrogens with zero attached hydrogens (tertiary/aromatic N) is 2. The van der Waals surface area contributed by atoms with Crippen LogP contribution in [-0.4, -0.2) is 16.5 Å². The van der Waals surface area contributed by atoms with Gasteiger partial charge in [0.05, 0.1) is 0 Å². The fourth-order valence-electron chi connectivity index (χ4n) is 2.23. The molecule has 3 aromatic rings. The zero-order valence-corrected chi connectivity index (χ0v) is 12.6. The van der Waals surface area contributed by atoms with Crippen molar-refractivity contribution < 1.29 is 0 Å². The highest BCUT2D eigenvalue weighted by atomic mass is 35.5. The van der Waals surface area contributed by atoms with Gasteiger partial charge in [-0.05, 0) is 36.4 Å². The van der Waals surface area contributed by atoms with E-state index >= 15 is 0 Å². The van der Waals surface area contributed by atoms with E-state index in [-0.39, 0.29) is 0 Å². The van der Waals surface area contributed by atoms with Gasteiger partial charge in [-0.15, -0.1) is 0 Å². The van der Waals surface area contributed by atoms with Gasteiger partial charge in [-0.1, -0.05) is 41.9 Å². The molecule has 0 radical (unpaired) electrons. The highest BCUT2D eigenvalue weighted by Gasteiger charge is 2.03. The van der Waals surface area contributed by atoms with Gasteiger partial charge in [-0.2, -0.15) is 0 Å². The Morgan fingerprint density at radius 1 is 1.14 bits per heavy atom. The van der Waals surface area contributed by atoms with Crippen LogP contribution in [0.2, 0.25) is 5.15 Å². The molecule has 3 rings (SSSR count). The molecule has 1 aromatic carbocycles. The van der Waals surface area contributed by atoms with Gasteiger partial charge in [-0.3, -0.25) is 4.98 Å². The molecule has 0 saturated heterocycles. The maximum absolute atomic E-state index is 6.21. The minimum atomic E-state index is 0.535. The number of rotatable bonds is 4. The fraction of sp³-hybridized carbons (Fsp3) is 0.176. The molecule has 106 valence electrons. The average molecular weight is 298 g/mol. The molecule has 0 aliphatic carbocycles. The van der Waals surface area contributed by atoms with Crippen molar-refractivity contribution in [1.82, 2.24) is 9.97 Å². The summed E-state index contributed by atoms with van der Waals surface area (Å²) in [4.78, 5) is 8.68. The van der Waals surface area contributed by atoms with Crippen molar-refractivity contribution in [3.05, 3.63) is 65.1 Å².